The molecular weight excluding hydrogens is 194 g/mol. The van der Waals surface area contributed by atoms with Crippen molar-refractivity contribution in [2.24, 2.45) is 0 Å². The molecule has 0 bridgehead atoms. The number of amides is 1. The highest BCUT2D eigenvalue weighted by atomic mass is 16.4. The summed E-state index contributed by atoms with van der Waals surface area (Å²) in [7, 11) is 0. The molecule has 0 saturated heterocycles. The molecule has 0 aliphatic heterocycles. The van der Waals surface area contributed by atoms with E-state index < -0.39 is 0 Å². The van der Waals surface area contributed by atoms with Crippen molar-refractivity contribution in [2.75, 3.05) is 11.9 Å². The summed E-state index contributed by atoms with van der Waals surface area (Å²) in [6.45, 7) is 8.03. The van der Waals surface area contributed by atoms with Gasteiger partial charge < -0.3 is 9.73 Å². The van der Waals surface area contributed by atoms with Gasteiger partial charge in [0.25, 0.3) is 0 Å². The Hall–Kier alpha value is -1.36. The summed E-state index contributed by atoms with van der Waals surface area (Å²) >= 11 is 0. The zero-order valence-electron chi connectivity index (χ0n) is 9.55. The zero-order valence-corrected chi connectivity index (χ0v) is 9.55. The molecule has 0 radical (unpaired) electrons. The average molecular weight is 211 g/mol. The Morgan fingerprint density at radius 2 is 2.20 bits per heavy atom. The van der Waals surface area contributed by atoms with Crippen molar-refractivity contribution in [1.82, 2.24) is 10.3 Å². The molecule has 0 unspecified atom stereocenters. The number of oxazole rings is 1. The van der Waals surface area contributed by atoms with Crippen molar-refractivity contribution < 1.29 is 9.21 Å². The van der Waals surface area contributed by atoms with Crippen molar-refractivity contribution in [2.45, 2.75) is 33.2 Å². The number of rotatable bonds is 3. The van der Waals surface area contributed by atoms with Gasteiger partial charge in [0.15, 0.2) is 0 Å². The molecule has 0 aromatic carbocycles. The lowest BCUT2D eigenvalue weighted by Crippen LogP contribution is -2.41. The predicted molar refractivity (Wildman–Crippen MR) is 57.6 cm³/mol. The standard InChI is InChI=1S/C10H17N3O2/c1-7-6-15-9(12-7)13-8(14)5-11-10(2,3)4/h6,11H,5H2,1-4H3,(H,12,13,14). The quantitative estimate of drug-likeness (QED) is 0.791. The van der Waals surface area contributed by atoms with Gasteiger partial charge in [-0.3, -0.25) is 10.1 Å². The molecule has 1 heterocycles. The third-order valence-electron chi connectivity index (χ3n) is 1.64. The highest BCUT2D eigenvalue weighted by molar-refractivity contribution is 5.90. The van der Waals surface area contributed by atoms with Gasteiger partial charge in [-0.05, 0) is 27.7 Å². The predicted octanol–water partition coefficient (Wildman–Crippen LogP) is 1.31. The summed E-state index contributed by atoms with van der Waals surface area (Å²) in [5.41, 5.74) is 0.665. The smallest absolute Gasteiger partial charge is 0.301 e. The molecule has 0 fully saturated rings. The number of anilines is 1. The van der Waals surface area contributed by atoms with Crippen LogP contribution in [-0.4, -0.2) is 23.0 Å². The van der Waals surface area contributed by atoms with Crippen molar-refractivity contribution in [1.29, 1.82) is 0 Å². The highest BCUT2D eigenvalue weighted by Gasteiger charge is 2.12. The minimum Gasteiger partial charge on any atom is -0.432 e. The number of hydrogen-bond donors (Lipinski definition) is 2. The summed E-state index contributed by atoms with van der Waals surface area (Å²) in [6.07, 6.45) is 1.49. The summed E-state index contributed by atoms with van der Waals surface area (Å²) in [5.74, 6) is -0.160. The minimum atomic E-state index is -0.160. The van der Waals surface area contributed by atoms with Gasteiger partial charge in [0.05, 0.1) is 12.2 Å². The molecule has 2 N–H and O–H groups in total. The molecular formula is C10H17N3O2. The van der Waals surface area contributed by atoms with E-state index in [2.05, 4.69) is 15.6 Å². The molecule has 0 spiro atoms. The monoisotopic (exact) mass is 211 g/mol. The Bertz CT molecular complexity index is 339. The molecule has 0 aliphatic carbocycles. The average Bonchev–Trinajstić information content (AvgIpc) is 2.47. The third kappa shape index (κ3) is 4.60. The van der Waals surface area contributed by atoms with Crippen molar-refractivity contribution in [3.05, 3.63) is 12.0 Å². The molecule has 1 aromatic rings. The van der Waals surface area contributed by atoms with E-state index in [0.29, 0.717) is 0 Å². The molecule has 84 valence electrons. The minimum absolute atomic E-state index is 0.0795. The fourth-order valence-electron chi connectivity index (χ4n) is 0.920. The maximum absolute atomic E-state index is 11.4. The van der Waals surface area contributed by atoms with E-state index in [9.17, 15) is 4.79 Å². The molecule has 1 amide bonds. The van der Waals surface area contributed by atoms with Crippen LogP contribution in [-0.2, 0) is 4.79 Å². The molecule has 0 aliphatic rings. The zero-order chi connectivity index (χ0) is 11.5. The molecule has 5 heteroatoms. The van der Waals surface area contributed by atoms with Crippen molar-refractivity contribution in [3.8, 4) is 0 Å². The maximum Gasteiger partial charge on any atom is 0.301 e. The molecule has 1 rings (SSSR count). The summed E-state index contributed by atoms with van der Waals surface area (Å²) in [5, 5.41) is 5.62. The molecule has 0 atom stereocenters. The van der Waals surface area contributed by atoms with Crippen molar-refractivity contribution in [3.63, 3.8) is 0 Å². The topological polar surface area (TPSA) is 67.2 Å². The summed E-state index contributed by atoms with van der Waals surface area (Å²) in [6, 6.07) is 0.244. The van der Waals surface area contributed by atoms with Gasteiger partial charge in [-0.2, -0.15) is 4.98 Å². The Balaban J connectivity index is 2.37. The third-order valence-corrected chi connectivity index (χ3v) is 1.64. The first-order valence-electron chi connectivity index (χ1n) is 4.84. The second kappa shape index (κ2) is 4.44. The van der Waals surface area contributed by atoms with Crippen LogP contribution in [0.15, 0.2) is 10.7 Å². The van der Waals surface area contributed by atoms with E-state index in [1.54, 1.807) is 6.92 Å². The number of carbonyl (C=O) groups excluding carboxylic acids is 1. The van der Waals surface area contributed by atoms with Gasteiger partial charge in [0.1, 0.15) is 6.26 Å². The Morgan fingerprint density at radius 3 is 2.67 bits per heavy atom. The second-order valence-corrected chi connectivity index (χ2v) is 4.45. The van der Waals surface area contributed by atoms with Gasteiger partial charge in [-0.15, -0.1) is 0 Å². The molecule has 15 heavy (non-hydrogen) atoms. The first-order chi connectivity index (χ1) is 6.87. The lowest BCUT2D eigenvalue weighted by molar-refractivity contribution is -0.115. The highest BCUT2D eigenvalue weighted by Crippen LogP contribution is 2.05. The van der Waals surface area contributed by atoms with Gasteiger partial charge in [-0.1, -0.05) is 0 Å². The van der Waals surface area contributed by atoms with Crippen LogP contribution < -0.4 is 10.6 Å². The first kappa shape index (κ1) is 11.7. The summed E-state index contributed by atoms with van der Waals surface area (Å²) < 4.78 is 5.00. The van der Waals surface area contributed by atoms with Gasteiger partial charge in [0.2, 0.25) is 5.91 Å². The first-order valence-corrected chi connectivity index (χ1v) is 4.84. The van der Waals surface area contributed by atoms with Crippen LogP contribution in [0.2, 0.25) is 0 Å². The van der Waals surface area contributed by atoms with E-state index in [4.69, 9.17) is 4.42 Å². The van der Waals surface area contributed by atoms with E-state index in [1.807, 2.05) is 20.8 Å². The number of hydrogen-bond acceptors (Lipinski definition) is 4. The van der Waals surface area contributed by atoms with Gasteiger partial charge >= 0.3 is 6.01 Å². The Morgan fingerprint density at radius 1 is 1.53 bits per heavy atom. The van der Waals surface area contributed by atoms with E-state index in [0.717, 1.165) is 5.69 Å². The van der Waals surface area contributed by atoms with Crippen LogP contribution >= 0.6 is 0 Å². The van der Waals surface area contributed by atoms with E-state index in [1.165, 1.54) is 6.26 Å². The van der Waals surface area contributed by atoms with Crippen LogP contribution in [0.25, 0.3) is 0 Å². The Kier molecular flexibility index (Phi) is 3.47. The molecule has 1 aromatic heterocycles. The fraction of sp³-hybridized carbons (Fsp3) is 0.600. The maximum atomic E-state index is 11.4. The lowest BCUT2D eigenvalue weighted by Gasteiger charge is -2.19. The van der Waals surface area contributed by atoms with Crippen LogP contribution in [0.3, 0.4) is 0 Å². The fourth-order valence-corrected chi connectivity index (χ4v) is 0.920. The number of aromatic nitrogens is 1. The largest absolute Gasteiger partial charge is 0.432 e. The van der Waals surface area contributed by atoms with Gasteiger partial charge in [-0.25, -0.2) is 0 Å². The summed E-state index contributed by atoms with van der Waals surface area (Å²) in [4.78, 5) is 15.4. The number of aryl methyl sites for hydroxylation is 1. The van der Waals surface area contributed by atoms with Crippen molar-refractivity contribution >= 4 is 11.9 Å². The number of nitrogens with zero attached hydrogens (tertiary/aromatic N) is 1. The van der Waals surface area contributed by atoms with Crippen LogP contribution in [0.4, 0.5) is 6.01 Å². The van der Waals surface area contributed by atoms with E-state index in [-0.39, 0.29) is 24.0 Å². The van der Waals surface area contributed by atoms with Crippen LogP contribution in [0.1, 0.15) is 26.5 Å². The van der Waals surface area contributed by atoms with Crippen LogP contribution in [0.5, 0.6) is 0 Å². The molecule has 5 nitrogen and oxygen atoms in total. The van der Waals surface area contributed by atoms with Crippen LogP contribution in [0, 0.1) is 6.92 Å². The van der Waals surface area contributed by atoms with Gasteiger partial charge in [0, 0.05) is 5.54 Å². The second-order valence-electron chi connectivity index (χ2n) is 4.45. The lowest BCUT2D eigenvalue weighted by atomic mass is 10.1. The normalized spacial score (nSPS) is 11.5. The molecule has 0 saturated carbocycles. The number of carbonyl (C=O) groups is 1. The SMILES string of the molecule is Cc1coc(NC(=O)CNC(C)(C)C)n1. The van der Waals surface area contributed by atoms with E-state index >= 15 is 0 Å². The Labute approximate surface area is 89.3 Å². The number of nitrogens with one attached hydrogen (secondary N) is 2.